The third-order valence-electron chi connectivity index (χ3n) is 4.54. The summed E-state index contributed by atoms with van der Waals surface area (Å²) in [5, 5.41) is 3.41. The summed E-state index contributed by atoms with van der Waals surface area (Å²) in [5.74, 6) is 1.79. The van der Waals surface area contributed by atoms with Crippen molar-refractivity contribution in [2.75, 3.05) is 70.9 Å². The monoisotopic (exact) mass is 347 g/mol. The Morgan fingerprint density at radius 2 is 2.00 bits per heavy atom. The molecule has 138 valence electrons. The van der Waals surface area contributed by atoms with Crippen molar-refractivity contribution in [3.63, 3.8) is 0 Å². The maximum absolute atomic E-state index is 5.82. The number of nitrogens with zero attached hydrogens (tertiary/aromatic N) is 6. The highest BCUT2D eigenvalue weighted by Crippen LogP contribution is 2.10. The fourth-order valence-corrected chi connectivity index (χ4v) is 3.16. The Bertz CT molecular complexity index is 545. The molecule has 0 bridgehead atoms. The van der Waals surface area contributed by atoms with E-state index in [2.05, 4.69) is 44.0 Å². The van der Waals surface area contributed by atoms with E-state index in [9.17, 15) is 0 Å². The Kier molecular flexibility index (Phi) is 6.41. The first-order valence-corrected chi connectivity index (χ1v) is 9.11. The Balaban J connectivity index is 1.55. The van der Waals surface area contributed by atoms with Crippen LogP contribution in [0, 0.1) is 0 Å². The van der Waals surface area contributed by atoms with Gasteiger partial charge in [-0.1, -0.05) is 0 Å². The van der Waals surface area contributed by atoms with Crippen molar-refractivity contribution >= 4 is 11.9 Å². The van der Waals surface area contributed by atoms with E-state index in [1.54, 1.807) is 12.4 Å². The fraction of sp³-hybridized carbons (Fsp3) is 0.706. The van der Waals surface area contributed by atoms with E-state index >= 15 is 0 Å². The molecule has 0 spiro atoms. The third-order valence-corrected chi connectivity index (χ3v) is 4.54. The minimum atomic E-state index is 0.186. The largest absolute Gasteiger partial charge is 0.374 e. The zero-order valence-corrected chi connectivity index (χ0v) is 15.3. The molecular formula is C17H29N7O. The first kappa shape index (κ1) is 17.9. The zero-order valence-electron chi connectivity index (χ0n) is 15.3. The summed E-state index contributed by atoms with van der Waals surface area (Å²) in [6.45, 7) is 10.0. The van der Waals surface area contributed by atoms with Crippen LogP contribution in [0.25, 0.3) is 0 Å². The Labute approximate surface area is 149 Å². The van der Waals surface area contributed by atoms with Crippen molar-refractivity contribution in [1.82, 2.24) is 25.1 Å². The quantitative estimate of drug-likeness (QED) is 0.602. The van der Waals surface area contributed by atoms with Gasteiger partial charge in [0.1, 0.15) is 0 Å². The van der Waals surface area contributed by atoms with Crippen molar-refractivity contribution in [2.45, 2.75) is 13.0 Å². The van der Waals surface area contributed by atoms with Gasteiger partial charge in [0, 0.05) is 58.2 Å². The molecule has 2 aliphatic rings. The van der Waals surface area contributed by atoms with Crippen molar-refractivity contribution in [3.8, 4) is 0 Å². The van der Waals surface area contributed by atoms with E-state index in [0.717, 1.165) is 64.3 Å². The van der Waals surface area contributed by atoms with Crippen LogP contribution in [0.15, 0.2) is 23.5 Å². The lowest BCUT2D eigenvalue weighted by Crippen LogP contribution is -2.53. The molecule has 2 aliphatic heterocycles. The number of hydrogen-bond donors (Lipinski definition) is 1. The Morgan fingerprint density at radius 1 is 1.24 bits per heavy atom. The van der Waals surface area contributed by atoms with Gasteiger partial charge < -0.3 is 24.8 Å². The molecule has 0 aromatic carbocycles. The van der Waals surface area contributed by atoms with Crippen molar-refractivity contribution < 1.29 is 4.74 Å². The van der Waals surface area contributed by atoms with Crippen LogP contribution in [-0.2, 0) is 4.74 Å². The number of aromatic nitrogens is 2. The van der Waals surface area contributed by atoms with E-state index in [-0.39, 0.29) is 6.10 Å². The molecule has 1 N–H and O–H groups in total. The number of rotatable bonds is 4. The van der Waals surface area contributed by atoms with E-state index in [1.807, 2.05) is 6.07 Å². The number of morpholine rings is 1. The number of nitrogens with one attached hydrogen (secondary N) is 1. The molecule has 8 heteroatoms. The van der Waals surface area contributed by atoms with Crippen LogP contribution in [0.3, 0.4) is 0 Å². The van der Waals surface area contributed by atoms with E-state index in [0.29, 0.717) is 6.54 Å². The predicted octanol–water partition coefficient (Wildman–Crippen LogP) is -0.105. The molecule has 0 saturated carbocycles. The number of hydrogen-bond acceptors (Lipinski definition) is 6. The van der Waals surface area contributed by atoms with Crippen molar-refractivity contribution in [1.29, 1.82) is 0 Å². The van der Waals surface area contributed by atoms with Gasteiger partial charge >= 0.3 is 0 Å². The molecule has 3 rings (SSSR count). The van der Waals surface area contributed by atoms with Crippen LogP contribution in [0.4, 0.5) is 5.95 Å². The molecule has 0 radical (unpaired) electrons. The van der Waals surface area contributed by atoms with E-state index in [4.69, 9.17) is 9.73 Å². The Morgan fingerprint density at radius 3 is 2.68 bits per heavy atom. The summed E-state index contributed by atoms with van der Waals surface area (Å²) in [6, 6.07) is 1.85. The number of likely N-dealkylation sites (N-methyl/N-ethyl adjacent to an activating group) is 1. The van der Waals surface area contributed by atoms with E-state index < -0.39 is 0 Å². The van der Waals surface area contributed by atoms with Gasteiger partial charge in [-0.3, -0.25) is 4.99 Å². The molecule has 2 fully saturated rings. The minimum absolute atomic E-state index is 0.186. The van der Waals surface area contributed by atoms with Crippen LogP contribution < -0.4 is 10.2 Å². The minimum Gasteiger partial charge on any atom is -0.374 e. The van der Waals surface area contributed by atoms with Crippen LogP contribution in [0.1, 0.15) is 6.92 Å². The molecule has 8 nitrogen and oxygen atoms in total. The fourth-order valence-electron chi connectivity index (χ4n) is 3.16. The predicted molar refractivity (Wildman–Crippen MR) is 99.0 cm³/mol. The highest BCUT2D eigenvalue weighted by atomic mass is 16.5. The van der Waals surface area contributed by atoms with Crippen molar-refractivity contribution in [3.05, 3.63) is 18.5 Å². The molecule has 2 saturated heterocycles. The highest BCUT2D eigenvalue weighted by Gasteiger charge is 2.22. The summed E-state index contributed by atoms with van der Waals surface area (Å²) >= 11 is 0. The lowest BCUT2D eigenvalue weighted by atomic mass is 10.3. The van der Waals surface area contributed by atoms with Gasteiger partial charge in [0.15, 0.2) is 5.96 Å². The zero-order chi connectivity index (χ0) is 17.5. The molecule has 1 unspecified atom stereocenters. The van der Waals surface area contributed by atoms with Crippen LogP contribution in [0.5, 0.6) is 0 Å². The van der Waals surface area contributed by atoms with Crippen LogP contribution in [0.2, 0.25) is 0 Å². The number of anilines is 1. The van der Waals surface area contributed by atoms with Gasteiger partial charge in [-0.2, -0.15) is 0 Å². The molecule has 3 heterocycles. The maximum atomic E-state index is 5.82. The second-order valence-electron chi connectivity index (χ2n) is 6.47. The topological polar surface area (TPSA) is 69.1 Å². The number of aliphatic imine (C=N–C) groups is 1. The highest BCUT2D eigenvalue weighted by molar-refractivity contribution is 5.80. The second-order valence-corrected chi connectivity index (χ2v) is 6.47. The number of ether oxygens (including phenoxy) is 1. The van der Waals surface area contributed by atoms with Crippen molar-refractivity contribution in [2.24, 2.45) is 4.99 Å². The molecule has 1 aromatic heterocycles. The van der Waals surface area contributed by atoms with E-state index in [1.165, 1.54) is 0 Å². The summed E-state index contributed by atoms with van der Waals surface area (Å²) in [4.78, 5) is 20.3. The summed E-state index contributed by atoms with van der Waals surface area (Å²) in [5.41, 5.74) is 0. The molecule has 25 heavy (non-hydrogen) atoms. The van der Waals surface area contributed by atoms with Gasteiger partial charge in [-0.25, -0.2) is 9.97 Å². The summed E-state index contributed by atoms with van der Waals surface area (Å²) < 4.78 is 5.82. The lowest BCUT2D eigenvalue weighted by Gasteiger charge is -2.36. The molecule has 1 atom stereocenters. The standard InChI is InChI=1S/C17H29N7O/c1-3-18-16(21-13-15-14-22(2)11-12-25-15)23-7-9-24(10-8-23)17-19-5-4-6-20-17/h4-6,15H,3,7-14H2,1-2H3,(H,18,21). The first-order valence-electron chi connectivity index (χ1n) is 9.11. The molecular weight excluding hydrogens is 318 g/mol. The van der Waals surface area contributed by atoms with Crippen LogP contribution in [-0.4, -0.2) is 97.8 Å². The molecule has 0 amide bonds. The number of guanidine groups is 1. The van der Waals surface area contributed by atoms with Gasteiger partial charge in [-0.05, 0) is 20.0 Å². The SMILES string of the molecule is CCNC(=NCC1CN(C)CCO1)N1CCN(c2ncccn2)CC1. The lowest BCUT2D eigenvalue weighted by molar-refractivity contribution is -0.0137. The summed E-state index contributed by atoms with van der Waals surface area (Å²) in [6.07, 6.45) is 3.77. The van der Waals surface area contributed by atoms with Crippen LogP contribution >= 0.6 is 0 Å². The smallest absolute Gasteiger partial charge is 0.225 e. The van der Waals surface area contributed by atoms with Gasteiger partial charge in [0.2, 0.25) is 5.95 Å². The van der Waals surface area contributed by atoms with Gasteiger partial charge in [0.05, 0.1) is 19.3 Å². The van der Waals surface area contributed by atoms with Gasteiger partial charge in [0.25, 0.3) is 0 Å². The first-order chi connectivity index (χ1) is 12.3. The normalized spacial score (nSPS) is 23.0. The second kappa shape index (κ2) is 8.96. The van der Waals surface area contributed by atoms with Gasteiger partial charge in [-0.15, -0.1) is 0 Å². The molecule has 1 aromatic rings. The average molecular weight is 347 g/mol. The Hall–Kier alpha value is -1.93. The summed E-state index contributed by atoms with van der Waals surface area (Å²) in [7, 11) is 2.13. The average Bonchev–Trinajstić information content (AvgIpc) is 2.66. The number of piperazine rings is 1. The maximum Gasteiger partial charge on any atom is 0.225 e. The third kappa shape index (κ3) is 5.02. The molecule has 0 aliphatic carbocycles.